The van der Waals surface area contributed by atoms with Gasteiger partial charge in [0, 0.05) is 37.6 Å². The molecule has 1 heterocycles. The monoisotopic (exact) mass is 301 g/mol. The van der Waals surface area contributed by atoms with Gasteiger partial charge in [-0.2, -0.15) is 0 Å². The van der Waals surface area contributed by atoms with Crippen LogP contribution in [0.2, 0.25) is 0 Å². The lowest BCUT2D eigenvalue weighted by Crippen LogP contribution is -2.43. The van der Waals surface area contributed by atoms with E-state index in [4.69, 9.17) is 5.73 Å². The van der Waals surface area contributed by atoms with E-state index in [1.54, 1.807) is 0 Å². The van der Waals surface area contributed by atoms with Gasteiger partial charge in [-0.25, -0.2) is 0 Å². The van der Waals surface area contributed by atoms with Crippen LogP contribution >= 0.6 is 0 Å². The van der Waals surface area contributed by atoms with E-state index >= 15 is 0 Å². The van der Waals surface area contributed by atoms with Gasteiger partial charge in [0.1, 0.15) is 0 Å². The zero-order valence-corrected chi connectivity index (χ0v) is 13.2. The molecular weight excluding hydrogens is 274 g/mol. The highest BCUT2D eigenvalue weighted by Crippen LogP contribution is 2.24. The van der Waals surface area contributed by atoms with E-state index in [-0.39, 0.29) is 17.9 Å². The molecule has 2 fully saturated rings. The van der Waals surface area contributed by atoms with E-state index < -0.39 is 0 Å². The molecule has 4 heteroatoms. The van der Waals surface area contributed by atoms with Crippen molar-refractivity contribution in [3.63, 3.8) is 0 Å². The summed E-state index contributed by atoms with van der Waals surface area (Å²) in [5, 5.41) is 3.25. The molecule has 0 bridgehead atoms. The van der Waals surface area contributed by atoms with Gasteiger partial charge in [0.2, 0.25) is 5.91 Å². The highest BCUT2D eigenvalue weighted by Gasteiger charge is 2.29. The number of nitrogens with zero attached hydrogens (tertiary/aromatic N) is 1. The summed E-state index contributed by atoms with van der Waals surface area (Å²) in [6, 6.07) is 11.0. The Kier molecular flexibility index (Phi) is 5.11. The topological polar surface area (TPSA) is 58.4 Å². The predicted molar refractivity (Wildman–Crippen MR) is 88.2 cm³/mol. The largest absolute Gasteiger partial charge is 0.352 e. The lowest BCUT2D eigenvalue weighted by molar-refractivity contribution is -0.126. The van der Waals surface area contributed by atoms with Gasteiger partial charge in [0.25, 0.3) is 0 Å². The average Bonchev–Trinajstić information content (AvgIpc) is 2.95. The van der Waals surface area contributed by atoms with Crippen LogP contribution in [-0.4, -0.2) is 36.0 Å². The minimum Gasteiger partial charge on any atom is -0.352 e. The molecule has 0 spiro atoms. The van der Waals surface area contributed by atoms with Gasteiger partial charge in [-0.05, 0) is 31.2 Å². The van der Waals surface area contributed by atoms with E-state index in [1.165, 1.54) is 5.56 Å². The van der Waals surface area contributed by atoms with E-state index in [9.17, 15) is 4.79 Å². The molecule has 4 nitrogen and oxygen atoms in total. The second kappa shape index (κ2) is 7.25. The van der Waals surface area contributed by atoms with Crippen molar-refractivity contribution in [2.75, 3.05) is 13.1 Å². The molecule has 0 radical (unpaired) electrons. The summed E-state index contributed by atoms with van der Waals surface area (Å²) in [5.74, 6) is 0.355. The zero-order valence-electron chi connectivity index (χ0n) is 13.2. The molecular formula is C18H27N3O. The normalized spacial score (nSPS) is 29.4. The third-order valence-electron chi connectivity index (χ3n) is 4.95. The maximum absolute atomic E-state index is 12.4. The molecule has 3 unspecified atom stereocenters. The number of nitrogens with one attached hydrogen (secondary N) is 1. The lowest BCUT2D eigenvalue weighted by atomic mass is 9.85. The van der Waals surface area contributed by atoms with Gasteiger partial charge in [0.15, 0.2) is 0 Å². The number of carbonyl (C=O) groups is 1. The fourth-order valence-electron chi connectivity index (χ4n) is 3.72. The number of rotatable bonds is 4. The Labute approximate surface area is 133 Å². The quantitative estimate of drug-likeness (QED) is 0.893. The van der Waals surface area contributed by atoms with Crippen LogP contribution in [0.5, 0.6) is 0 Å². The van der Waals surface area contributed by atoms with Crippen molar-refractivity contribution in [1.29, 1.82) is 0 Å². The number of carbonyl (C=O) groups excluding carboxylic acids is 1. The molecule has 120 valence electrons. The first-order chi connectivity index (χ1) is 10.7. The third kappa shape index (κ3) is 4.08. The van der Waals surface area contributed by atoms with E-state index in [0.29, 0.717) is 6.04 Å². The fraction of sp³-hybridized carbons (Fsp3) is 0.611. The molecule has 1 saturated heterocycles. The highest BCUT2D eigenvalue weighted by atomic mass is 16.2. The molecule has 1 saturated carbocycles. The average molecular weight is 301 g/mol. The minimum atomic E-state index is 0.131. The van der Waals surface area contributed by atoms with Gasteiger partial charge in [-0.3, -0.25) is 9.69 Å². The summed E-state index contributed by atoms with van der Waals surface area (Å²) in [7, 11) is 0. The summed E-state index contributed by atoms with van der Waals surface area (Å²) in [5.41, 5.74) is 7.33. The number of likely N-dealkylation sites (tertiary alicyclic amines) is 1. The molecule has 1 aliphatic carbocycles. The fourth-order valence-corrected chi connectivity index (χ4v) is 3.72. The Morgan fingerprint density at radius 1 is 1.23 bits per heavy atom. The molecule has 1 aromatic carbocycles. The summed E-state index contributed by atoms with van der Waals surface area (Å²) in [6.07, 6.45) is 5.06. The Morgan fingerprint density at radius 2 is 2.05 bits per heavy atom. The zero-order chi connectivity index (χ0) is 15.4. The van der Waals surface area contributed by atoms with Crippen molar-refractivity contribution >= 4 is 5.91 Å². The maximum atomic E-state index is 12.4. The molecule has 3 rings (SSSR count). The van der Waals surface area contributed by atoms with Crippen molar-refractivity contribution < 1.29 is 4.79 Å². The Hall–Kier alpha value is -1.39. The van der Waals surface area contributed by atoms with Crippen molar-refractivity contribution in [1.82, 2.24) is 10.2 Å². The summed E-state index contributed by atoms with van der Waals surface area (Å²) >= 11 is 0. The van der Waals surface area contributed by atoms with Crippen LogP contribution in [0.15, 0.2) is 30.3 Å². The molecule has 3 N–H and O–H groups in total. The van der Waals surface area contributed by atoms with Crippen molar-refractivity contribution in [3.8, 4) is 0 Å². The van der Waals surface area contributed by atoms with Crippen LogP contribution in [0.1, 0.15) is 37.7 Å². The second-order valence-corrected chi connectivity index (χ2v) is 6.84. The number of hydrogen-bond donors (Lipinski definition) is 2. The lowest BCUT2D eigenvalue weighted by Gasteiger charge is -2.27. The van der Waals surface area contributed by atoms with E-state index in [0.717, 1.165) is 51.7 Å². The van der Waals surface area contributed by atoms with Crippen molar-refractivity contribution in [3.05, 3.63) is 35.9 Å². The van der Waals surface area contributed by atoms with Crippen LogP contribution < -0.4 is 11.1 Å². The second-order valence-electron chi connectivity index (χ2n) is 6.84. The smallest absolute Gasteiger partial charge is 0.223 e. The van der Waals surface area contributed by atoms with Crippen LogP contribution in [0.4, 0.5) is 0 Å². The van der Waals surface area contributed by atoms with Gasteiger partial charge < -0.3 is 11.1 Å². The number of hydrogen-bond acceptors (Lipinski definition) is 3. The predicted octanol–water partition coefficient (Wildman–Crippen LogP) is 1.89. The van der Waals surface area contributed by atoms with Crippen LogP contribution in [0.25, 0.3) is 0 Å². The molecule has 1 aliphatic heterocycles. The van der Waals surface area contributed by atoms with Gasteiger partial charge in [0.05, 0.1) is 0 Å². The Bertz CT molecular complexity index is 490. The summed E-state index contributed by atoms with van der Waals surface area (Å²) in [6.45, 7) is 2.99. The summed E-state index contributed by atoms with van der Waals surface area (Å²) < 4.78 is 0. The van der Waals surface area contributed by atoms with Crippen molar-refractivity contribution in [2.24, 2.45) is 11.7 Å². The molecule has 2 aliphatic rings. The first kappa shape index (κ1) is 15.5. The molecule has 1 aromatic rings. The standard InChI is InChI=1S/C18H27N3O/c19-16-8-4-7-15(11-16)18(22)20-17-9-10-21(13-17)12-14-5-2-1-3-6-14/h1-3,5-6,15-17H,4,7-13,19H2,(H,20,22). The Balaban J connectivity index is 1.45. The van der Waals surface area contributed by atoms with Crippen LogP contribution in [-0.2, 0) is 11.3 Å². The first-order valence-corrected chi connectivity index (χ1v) is 8.53. The minimum absolute atomic E-state index is 0.131. The van der Waals surface area contributed by atoms with Gasteiger partial charge in [-0.1, -0.05) is 36.8 Å². The molecule has 0 aromatic heterocycles. The van der Waals surface area contributed by atoms with E-state index in [1.807, 2.05) is 6.07 Å². The van der Waals surface area contributed by atoms with E-state index in [2.05, 4.69) is 34.5 Å². The van der Waals surface area contributed by atoms with Crippen LogP contribution in [0.3, 0.4) is 0 Å². The Morgan fingerprint density at radius 3 is 2.82 bits per heavy atom. The van der Waals surface area contributed by atoms with Crippen LogP contribution in [0, 0.1) is 5.92 Å². The third-order valence-corrected chi connectivity index (χ3v) is 4.95. The number of benzene rings is 1. The van der Waals surface area contributed by atoms with Crippen molar-refractivity contribution in [2.45, 2.75) is 50.7 Å². The molecule has 1 amide bonds. The summed E-state index contributed by atoms with van der Waals surface area (Å²) in [4.78, 5) is 14.8. The van der Waals surface area contributed by atoms with Gasteiger partial charge in [-0.15, -0.1) is 0 Å². The van der Waals surface area contributed by atoms with Gasteiger partial charge >= 0.3 is 0 Å². The highest BCUT2D eigenvalue weighted by molar-refractivity contribution is 5.79. The first-order valence-electron chi connectivity index (χ1n) is 8.53. The SMILES string of the molecule is NC1CCCC(C(=O)NC2CCN(Cc3ccccc3)C2)C1. The maximum Gasteiger partial charge on any atom is 0.223 e. The molecule has 22 heavy (non-hydrogen) atoms. The number of amides is 1. The molecule has 3 atom stereocenters. The number of nitrogens with two attached hydrogens (primary N) is 1.